The lowest BCUT2D eigenvalue weighted by Crippen LogP contribution is -2.36. The molecule has 0 aromatic carbocycles. The van der Waals surface area contributed by atoms with Crippen molar-refractivity contribution in [3.63, 3.8) is 0 Å². The van der Waals surface area contributed by atoms with Gasteiger partial charge in [0.25, 0.3) is 5.91 Å². The second-order valence-corrected chi connectivity index (χ2v) is 5.06. The Balaban J connectivity index is 1.94. The van der Waals surface area contributed by atoms with Crippen LogP contribution >= 0.6 is 0 Å². The molecule has 1 aliphatic rings. The van der Waals surface area contributed by atoms with Gasteiger partial charge in [-0.25, -0.2) is 9.78 Å². The SMILES string of the molecule is O=C(NCC1CCCCC1O)c1ccnc(C(=O)O)c1. The highest BCUT2D eigenvalue weighted by Gasteiger charge is 2.23. The van der Waals surface area contributed by atoms with E-state index in [1.807, 2.05) is 0 Å². The molecule has 6 heteroatoms. The van der Waals surface area contributed by atoms with Crippen molar-refractivity contribution in [2.45, 2.75) is 31.8 Å². The Bertz CT molecular complexity index is 504. The lowest BCUT2D eigenvalue weighted by atomic mass is 9.86. The van der Waals surface area contributed by atoms with E-state index in [1.54, 1.807) is 0 Å². The summed E-state index contributed by atoms with van der Waals surface area (Å²) in [6.45, 7) is 0.407. The molecule has 6 nitrogen and oxygen atoms in total. The molecule has 2 atom stereocenters. The van der Waals surface area contributed by atoms with Crippen LogP contribution in [-0.4, -0.2) is 39.7 Å². The minimum atomic E-state index is -1.16. The first-order valence-electron chi connectivity index (χ1n) is 6.73. The summed E-state index contributed by atoms with van der Waals surface area (Å²) in [5.41, 5.74) is 0.109. The van der Waals surface area contributed by atoms with Crippen molar-refractivity contribution < 1.29 is 19.8 Å². The van der Waals surface area contributed by atoms with Crippen LogP contribution in [0.15, 0.2) is 18.3 Å². The summed E-state index contributed by atoms with van der Waals surface area (Å²) in [6.07, 6.45) is 4.70. The number of amides is 1. The molecule has 2 unspecified atom stereocenters. The highest BCUT2D eigenvalue weighted by atomic mass is 16.4. The third-order valence-electron chi connectivity index (χ3n) is 3.64. The maximum absolute atomic E-state index is 12.0. The molecule has 1 aromatic heterocycles. The van der Waals surface area contributed by atoms with E-state index in [0.717, 1.165) is 25.7 Å². The topological polar surface area (TPSA) is 99.5 Å². The van der Waals surface area contributed by atoms with Crippen molar-refractivity contribution >= 4 is 11.9 Å². The lowest BCUT2D eigenvalue weighted by molar-refractivity contribution is 0.0662. The molecule has 1 aliphatic carbocycles. The van der Waals surface area contributed by atoms with Gasteiger partial charge in [-0.05, 0) is 25.0 Å². The molecule has 108 valence electrons. The summed E-state index contributed by atoms with van der Waals surface area (Å²) in [7, 11) is 0. The number of aromatic nitrogens is 1. The number of aliphatic hydroxyl groups excluding tert-OH is 1. The Hall–Kier alpha value is -1.95. The molecular formula is C14H18N2O4. The van der Waals surface area contributed by atoms with Crippen molar-refractivity contribution in [3.05, 3.63) is 29.6 Å². The average Bonchev–Trinajstić information content (AvgIpc) is 2.46. The van der Waals surface area contributed by atoms with Crippen LogP contribution in [-0.2, 0) is 0 Å². The molecule has 1 fully saturated rings. The Labute approximate surface area is 116 Å². The molecule has 20 heavy (non-hydrogen) atoms. The average molecular weight is 278 g/mol. The number of nitrogens with one attached hydrogen (secondary N) is 1. The summed E-state index contributed by atoms with van der Waals surface area (Å²) in [5.74, 6) is -1.43. The zero-order valence-corrected chi connectivity index (χ0v) is 11.1. The first-order chi connectivity index (χ1) is 9.58. The van der Waals surface area contributed by atoms with Gasteiger partial charge >= 0.3 is 5.97 Å². The van der Waals surface area contributed by atoms with E-state index in [2.05, 4.69) is 10.3 Å². The second kappa shape index (κ2) is 6.47. The monoisotopic (exact) mass is 278 g/mol. The van der Waals surface area contributed by atoms with Gasteiger partial charge in [0.1, 0.15) is 5.69 Å². The van der Waals surface area contributed by atoms with Crippen molar-refractivity contribution in [3.8, 4) is 0 Å². The molecule has 1 aromatic rings. The number of aromatic carboxylic acids is 1. The molecular weight excluding hydrogens is 260 g/mol. The van der Waals surface area contributed by atoms with E-state index in [1.165, 1.54) is 18.3 Å². The third-order valence-corrected chi connectivity index (χ3v) is 3.64. The van der Waals surface area contributed by atoms with Gasteiger partial charge in [-0.1, -0.05) is 12.8 Å². The number of pyridine rings is 1. The largest absolute Gasteiger partial charge is 0.477 e. The minimum Gasteiger partial charge on any atom is -0.477 e. The predicted octanol–water partition coefficient (Wildman–Crippen LogP) is 1.06. The van der Waals surface area contributed by atoms with E-state index in [-0.39, 0.29) is 29.2 Å². The maximum atomic E-state index is 12.0. The summed E-state index contributed by atoms with van der Waals surface area (Å²) < 4.78 is 0. The first kappa shape index (κ1) is 14.5. The summed E-state index contributed by atoms with van der Waals surface area (Å²) in [4.78, 5) is 26.4. The van der Waals surface area contributed by atoms with Gasteiger partial charge in [0.05, 0.1) is 6.10 Å². The van der Waals surface area contributed by atoms with Crippen LogP contribution in [0.4, 0.5) is 0 Å². The fourth-order valence-corrected chi connectivity index (χ4v) is 2.44. The highest BCUT2D eigenvalue weighted by Crippen LogP contribution is 2.23. The number of carboxylic acid groups (broad SMARTS) is 1. The summed E-state index contributed by atoms with van der Waals surface area (Å²) in [6, 6.07) is 2.72. The van der Waals surface area contributed by atoms with Crippen LogP contribution in [0.3, 0.4) is 0 Å². The molecule has 0 spiro atoms. The number of nitrogens with zero attached hydrogens (tertiary/aromatic N) is 1. The van der Waals surface area contributed by atoms with Gasteiger partial charge in [0.15, 0.2) is 0 Å². The number of rotatable bonds is 4. The molecule has 1 heterocycles. The van der Waals surface area contributed by atoms with Crippen LogP contribution in [0.2, 0.25) is 0 Å². The molecule has 1 saturated carbocycles. The Kier molecular flexibility index (Phi) is 4.68. The van der Waals surface area contributed by atoms with Gasteiger partial charge in [-0.3, -0.25) is 4.79 Å². The van der Waals surface area contributed by atoms with E-state index < -0.39 is 5.97 Å². The van der Waals surface area contributed by atoms with Crippen LogP contribution in [0.1, 0.15) is 46.5 Å². The van der Waals surface area contributed by atoms with Gasteiger partial charge in [0.2, 0.25) is 0 Å². The Morgan fingerprint density at radius 3 is 2.80 bits per heavy atom. The number of hydrogen-bond donors (Lipinski definition) is 3. The zero-order chi connectivity index (χ0) is 14.5. The third kappa shape index (κ3) is 3.54. The van der Waals surface area contributed by atoms with Crippen LogP contribution in [0.25, 0.3) is 0 Å². The molecule has 1 amide bonds. The normalized spacial score (nSPS) is 22.2. The number of carbonyl (C=O) groups is 2. The first-order valence-corrected chi connectivity index (χ1v) is 6.73. The quantitative estimate of drug-likeness (QED) is 0.764. The molecule has 0 aliphatic heterocycles. The maximum Gasteiger partial charge on any atom is 0.354 e. The lowest BCUT2D eigenvalue weighted by Gasteiger charge is -2.27. The van der Waals surface area contributed by atoms with E-state index >= 15 is 0 Å². The second-order valence-electron chi connectivity index (χ2n) is 5.06. The molecule has 0 bridgehead atoms. The predicted molar refractivity (Wildman–Crippen MR) is 71.5 cm³/mol. The van der Waals surface area contributed by atoms with Gasteiger partial charge in [-0.2, -0.15) is 0 Å². The van der Waals surface area contributed by atoms with Crippen molar-refractivity contribution in [1.82, 2.24) is 10.3 Å². The van der Waals surface area contributed by atoms with Crippen LogP contribution in [0.5, 0.6) is 0 Å². The van der Waals surface area contributed by atoms with Crippen LogP contribution < -0.4 is 5.32 Å². The fourth-order valence-electron chi connectivity index (χ4n) is 2.44. The number of carbonyl (C=O) groups excluding carboxylic acids is 1. The Morgan fingerprint density at radius 1 is 1.35 bits per heavy atom. The van der Waals surface area contributed by atoms with E-state index in [9.17, 15) is 14.7 Å². The molecule has 2 rings (SSSR count). The van der Waals surface area contributed by atoms with Crippen molar-refractivity contribution in [2.75, 3.05) is 6.54 Å². The highest BCUT2D eigenvalue weighted by molar-refractivity contribution is 5.96. The van der Waals surface area contributed by atoms with Gasteiger partial charge in [-0.15, -0.1) is 0 Å². The van der Waals surface area contributed by atoms with E-state index in [0.29, 0.717) is 6.54 Å². The smallest absolute Gasteiger partial charge is 0.354 e. The minimum absolute atomic E-state index is 0.0773. The zero-order valence-electron chi connectivity index (χ0n) is 11.1. The standard InChI is InChI=1S/C14H18N2O4/c17-12-4-2-1-3-10(12)8-16-13(18)9-5-6-15-11(7-9)14(19)20/h5-7,10,12,17H,1-4,8H2,(H,16,18)(H,19,20). The van der Waals surface area contributed by atoms with Crippen molar-refractivity contribution in [1.29, 1.82) is 0 Å². The molecule has 3 N–H and O–H groups in total. The van der Waals surface area contributed by atoms with Gasteiger partial charge in [0, 0.05) is 24.2 Å². The summed E-state index contributed by atoms with van der Waals surface area (Å²) >= 11 is 0. The number of hydrogen-bond acceptors (Lipinski definition) is 4. The van der Waals surface area contributed by atoms with E-state index in [4.69, 9.17) is 5.11 Å². The summed E-state index contributed by atoms with van der Waals surface area (Å²) in [5, 5.41) is 21.4. The van der Waals surface area contributed by atoms with Gasteiger partial charge < -0.3 is 15.5 Å². The Morgan fingerprint density at radius 2 is 2.10 bits per heavy atom. The fraction of sp³-hybridized carbons (Fsp3) is 0.500. The number of carboxylic acids is 1. The van der Waals surface area contributed by atoms with Crippen molar-refractivity contribution in [2.24, 2.45) is 5.92 Å². The van der Waals surface area contributed by atoms with Crippen LogP contribution in [0, 0.1) is 5.92 Å². The molecule has 0 saturated heterocycles. The molecule has 0 radical (unpaired) electrons. The number of aliphatic hydroxyl groups is 1.